The van der Waals surface area contributed by atoms with Gasteiger partial charge in [-0.3, -0.25) is 4.79 Å². The van der Waals surface area contributed by atoms with Gasteiger partial charge in [0.15, 0.2) is 0 Å². The number of piperazine rings is 1. The molecule has 28 heavy (non-hydrogen) atoms. The lowest BCUT2D eigenvalue weighted by atomic mass is 10.0. The fourth-order valence-electron chi connectivity index (χ4n) is 4.05. The van der Waals surface area contributed by atoms with Crippen LogP contribution in [0, 0.1) is 11.7 Å². The Kier molecular flexibility index (Phi) is 7.08. The first-order valence-electron chi connectivity index (χ1n) is 10.1. The molecular weight excluding hydrogens is 373 g/mol. The average molecular weight is 405 g/mol. The second-order valence-corrected chi connectivity index (χ2v) is 9.05. The zero-order valence-corrected chi connectivity index (χ0v) is 17.8. The fourth-order valence-corrected chi connectivity index (χ4v) is 5.04. The number of hydrogen-bond acceptors (Lipinski definition) is 3. The first-order chi connectivity index (χ1) is 13.4. The largest absolute Gasteiger partial charge is 0.360 e. The maximum absolute atomic E-state index is 13.2. The molecular formula is C22H31FN3OS+. The van der Waals surface area contributed by atoms with E-state index in [-0.39, 0.29) is 23.8 Å². The van der Waals surface area contributed by atoms with Crippen molar-refractivity contribution in [2.24, 2.45) is 5.92 Å². The average Bonchev–Trinajstić information content (AvgIpc) is 3.16. The second-order valence-electron chi connectivity index (χ2n) is 8.07. The highest BCUT2D eigenvalue weighted by Gasteiger charge is 2.34. The topological polar surface area (TPSA) is 36.8 Å². The van der Waals surface area contributed by atoms with Gasteiger partial charge in [-0.1, -0.05) is 19.9 Å². The third-order valence-corrected chi connectivity index (χ3v) is 6.32. The van der Waals surface area contributed by atoms with E-state index in [9.17, 15) is 9.18 Å². The van der Waals surface area contributed by atoms with Crippen LogP contribution in [-0.4, -0.2) is 38.1 Å². The van der Waals surface area contributed by atoms with Crippen LogP contribution in [0.5, 0.6) is 0 Å². The van der Waals surface area contributed by atoms with Gasteiger partial charge in [0.05, 0.1) is 37.1 Å². The van der Waals surface area contributed by atoms with Crippen LogP contribution in [0.2, 0.25) is 0 Å². The van der Waals surface area contributed by atoms with E-state index in [0.29, 0.717) is 12.3 Å². The summed E-state index contributed by atoms with van der Waals surface area (Å²) in [7, 11) is 0. The Labute approximate surface area is 171 Å². The molecule has 0 spiro atoms. The number of anilines is 1. The van der Waals surface area contributed by atoms with Gasteiger partial charge in [0.2, 0.25) is 5.91 Å². The van der Waals surface area contributed by atoms with Gasteiger partial charge in [-0.2, -0.15) is 0 Å². The van der Waals surface area contributed by atoms with Crippen LogP contribution in [0.3, 0.4) is 0 Å². The van der Waals surface area contributed by atoms with Gasteiger partial charge in [0, 0.05) is 12.1 Å². The molecule has 1 aromatic carbocycles. The third kappa shape index (κ3) is 5.32. The van der Waals surface area contributed by atoms with E-state index in [1.54, 1.807) is 11.3 Å². The van der Waals surface area contributed by atoms with Gasteiger partial charge >= 0.3 is 0 Å². The lowest BCUT2D eigenvalue weighted by Crippen LogP contribution is -3.16. The third-order valence-electron chi connectivity index (χ3n) is 5.37. The first-order valence-corrected chi connectivity index (χ1v) is 11.0. The molecule has 1 aliphatic rings. The number of hydrogen-bond donors (Lipinski definition) is 2. The first kappa shape index (κ1) is 20.8. The molecule has 0 radical (unpaired) electrons. The number of thiophene rings is 1. The van der Waals surface area contributed by atoms with Gasteiger partial charge < -0.3 is 15.1 Å². The van der Waals surface area contributed by atoms with E-state index < -0.39 is 0 Å². The van der Waals surface area contributed by atoms with E-state index in [0.717, 1.165) is 31.9 Å². The van der Waals surface area contributed by atoms with Crippen molar-refractivity contribution in [2.75, 3.05) is 31.1 Å². The number of benzene rings is 1. The Morgan fingerprint density at radius 2 is 1.86 bits per heavy atom. The van der Waals surface area contributed by atoms with Crippen LogP contribution < -0.4 is 15.1 Å². The number of carbonyl (C=O) groups excluding carboxylic acids is 1. The van der Waals surface area contributed by atoms with Crippen molar-refractivity contribution in [3.63, 3.8) is 0 Å². The van der Waals surface area contributed by atoms with Crippen molar-refractivity contribution in [2.45, 2.75) is 39.3 Å². The summed E-state index contributed by atoms with van der Waals surface area (Å²) in [5.41, 5.74) is 1.08. The van der Waals surface area contributed by atoms with E-state index in [4.69, 9.17) is 0 Å². The predicted octanol–water partition coefficient (Wildman–Crippen LogP) is 2.88. The predicted molar refractivity (Wildman–Crippen MR) is 113 cm³/mol. The van der Waals surface area contributed by atoms with Crippen molar-refractivity contribution < 1.29 is 14.1 Å². The normalized spacial score (nSPS) is 17.5. The Bertz CT molecular complexity index is 740. The van der Waals surface area contributed by atoms with Gasteiger partial charge in [0.1, 0.15) is 11.9 Å². The molecule has 1 aromatic heterocycles. The molecule has 3 rings (SSSR count). The quantitative estimate of drug-likeness (QED) is 0.745. The summed E-state index contributed by atoms with van der Waals surface area (Å²) in [6, 6.07) is 11.4. The van der Waals surface area contributed by atoms with E-state index in [1.807, 2.05) is 12.1 Å². The van der Waals surface area contributed by atoms with Crippen LogP contribution >= 0.6 is 11.3 Å². The standard InChI is InChI=1S/C22H30FN3OS/c1-16(2)15-21(27)24-17(3)22(20-5-4-14-28-20)26-12-10-25(11-13-26)19-8-6-18(23)7-9-19/h4-9,14,16-17,22H,10-13,15H2,1-3H3,(H,24,27)/p+1/t17-,22+/m1/s1. The second kappa shape index (κ2) is 9.52. The smallest absolute Gasteiger partial charge is 0.220 e. The highest BCUT2D eigenvalue weighted by Crippen LogP contribution is 2.21. The Morgan fingerprint density at radius 1 is 1.18 bits per heavy atom. The minimum absolute atomic E-state index is 0.0808. The van der Waals surface area contributed by atoms with Crippen molar-refractivity contribution >= 4 is 22.9 Å². The van der Waals surface area contributed by atoms with Crippen LogP contribution in [0.1, 0.15) is 38.1 Å². The van der Waals surface area contributed by atoms with Crippen molar-refractivity contribution in [3.8, 4) is 0 Å². The van der Waals surface area contributed by atoms with Gasteiger partial charge in [-0.15, -0.1) is 11.3 Å². The van der Waals surface area contributed by atoms with E-state index in [2.05, 4.69) is 48.5 Å². The molecule has 0 bridgehead atoms. The minimum Gasteiger partial charge on any atom is -0.360 e. The van der Waals surface area contributed by atoms with Gasteiger partial charge in [-0.05, 0) is 48.6 Å². The summed E-state index contributed by atoms with van der Waals surface area (Å²) >= 11 is 1.77. The summed E-state index contributed by atoms with van der Waals surface area (Å²) in [5, 5.41) is 5.35. The summed E-state index contributed by atoms with van der Waals surface area (Å²) in [6.07, 6.45) is 0.565. The number of quaternary nitrogens is 1. The van der Waals surface area contributed by atoms with Gasteiger partial charge in [-0.25, -0.2) is 4.39 Å². The van der Waals surface area contributed by atoms with E-state index in [1.165, 1.54) is 21.9 Å². The minimum atomic E-state index is -0.197. The lowest BCUT2D eigenvalue weighted by Gasteiger charge is -2.39. The van der Waals surface area contributed by atoms with Gasteiger partial charge in [0.25, 0.3) is 0 Å². The summed E-state index contributed by atoms with van der Waals surface area (Å²) < 4.78 is 13.2. The number of halogens is 1. The fraction of sp³-hybridized carbons (Fsp3) is 0.500. The maximum Gasteiger partial charge on any atom is 0.220 e. The molecule has 4 nitrogen and oxygen atoms in total. The number of rotatable bonds is 7. The monoisotopic (exact) mass is 404 g/mol. The molecule has 2 aromatic rings. The molecule has 1 fully saturated rings. The molecule has 2 atom stereocenters. The van der Waals surface area contributed by atoms with Crippen LogP contribution in [-0.2, 0) is 4.79 Å². The SMILES string of the molecule is CC(C)CC(=O)N[C@H](C)[C@@H](c1cccs1)[NH+]1CCN(c2ccc(F)cc2)CC1. The number of amides is 1. The zero-order valence-electron chi connectivity index (χ0n) is 17.0. The Balaban J connectivity index is 1.66. The summed E-state index contributed by atoms with van der Waals surface area (Å²) in [4.78, 5) is 17.5. The molecule has 0 aliphatic carbocycles. The van der Waals surface area contributed by atoms with Crippen LogP contribution in [0.15, 0.2) is 41.8 Å². The van der Waals surface area contributed by atoms with Crippen LogP contribution in [0.25, 0.3) is 0 Å². The van der Waals surface area contributed by atoms with Crippen molar-refractivity contribution in [1.29, 1.82) is 0 Å². The molecule has 1 saturated heterocycles. The molecule has 0 saturated carbocycles. The molecule has 6 heteroatoms. The van der Waals surface area contributed by atoms with Crippen molar-refractivity contribution in [3.05, 3.63) is 52.5 Å². The lowest BCUT2D eigenvalue weighted by molar-refractivity contribution is -0.933. The maximum atomic E-state index is 13.2. The summed E-state index contributed by atoms with van der Waals surface area (Å²) in [5.74, 6) is 0.295. The van der Waals surface area contributed by atoms with Crippen molar-refractivity contribution in [1.82, 2.24) is 5.32 Å². The molecule has 2 N–H and O–H groups in total. The molecule has 1 aliphatic heterocycles. The Morgan fingerprint density at radius 3 is 2.43 bits per heavy atom. The molecule has 0 unspecified atom stereocenters. The highest BCUT2D eigenvalue weighted by atomic mass is 32.1. The number of carbonyl (C=O) groups is 1. The van der Waals surface area contributed by atoms with Crippen LogP contribution in [0.4, 0.5) is 10.1 Å². The highest BCUT2D eigenvalue weighted by molar-refractivity contribution is 7.10. The number of nitrogens with one attached hydrogen (secondary N) is 2. The summed E-state index contributed by atoms with van der Waals surface area (Å²) in [6.45, 7) is 10.1. The molecule has 152 valence electrons. The Hall–Kier alpha value is -1.92. The molecule has 1 amide bonds. The van der Waals surface area contributed by atoms with E-state index >= 15 is 0 Å². The number of nitrogens with zero attached hydrogens (tertiary/aromatic N) is 1. The molecule has 2 heterocycles. The zero-order chi connectivity index (χ0) is 20.1.